The third-order valence-electron chi connectivity index (χ3n) is 2.47. The zero-order valence-corrected chi connectivity index (χ0v) is 8.93. The van der Waals surface area contributed by atoms with Crippen LogP contribution in [0.5, 0.6) is 0 Å². The predicted octanol–water partition coefficient (Wildman–Crippen LogP) is 1.02. The van der Waals surface area contributed by atoms with Crippen LogP contribution in [0, 0.1) is 0 Å². The van der Waals surface area contributed by atoms with Crippen molar-refractivity contribution in [1.29, 1.82) is 0 Å². The molecule has 0 saturated carbocycles. The fraction of sp³-hybridized carbons (Fsp3) is 0.600. The lowest BCUT2D eigenvalue weighted by Gasteiger charge is -1.99. The molecule has 1 aliphatic heterocycles. The Morgan fingerprint density at radius 3 is 3.06 bits per heavy atom. The number of aromatic nitrogens is 1. The van der Waals surface area contributed by atoms with Gasteiger partial charge in [-0.05, 0) is 6.42 Å². The molecule has 1 fully saturated rings. The summed E-state index contributed by atoms with van der Waals surface area (Å²) in [6.07, 6.45) is 0.812. The molecule has 88 valence electrons. The highest BCUT2D eigenvalue weighted by molar-refractivity contribution is 5.85. The summed E-state index contributed by atoms with van der Waals surface area (Å²) in [5, 5.41) is 8.93. The van der Waals surface area contributed by atoms with E-state index in [1.807, 2.05) is 0 Å². The second-order valence-electron chi connectivity index (χ2n) is 3.63. The molecule has 16 heavy (non-hydrogen) atoms. The number of hydrogen-bond acceptors (Lipinski definition) is 5. The highest BCUT2D eigenvalue weighted by atomic mass is 16.5. The van der Waals surface area contributed by atoms with E-state index in [9.17, 15) is 4.79 Å². The van der Waals surface area contributed by atoms with Gasteiger partial charge in [0.25, 0.3) is 0 Å². The van der Waals surface area contributed by atoms with Crippen molar-refractivity contribution in [2.45, 2.75) is 18.9 Å². The fourth-order valence-electron chi connectivity index (χ4n) is 1.68. The molecule has 2 rings (SSSR count). The Balaban J connectivity index is 2.26. The van der Waals surface area contributed by atoms with E-state index >= 15 is 0 Å². The van der Waals surface area contributed by atoms with Crippen LogP contribution in [0.3, 0.4) is 0 Å². The first-order valence-electron chi connectivity index (χ1n) is 5.02. The van der Waals surface area contributed by atoms with Gasteiger partial charge in [0.05, 0.1) is 19.1 Å². The monoisotopic (exact) mass is 227 g/mol. The molecule has 1 N–H and O–H groups in total. The van der Waals surface area contributed by atoms with Gasteiger partial charge in [-0.1, -0.05) is 0 Å². The maximum atomic E-state index is 10.9. The van der Waals surface area contributed by atoms with Gasteiger partial charge in [0.15, 0.2) is 0 Å². The Bertz CT molecular complexity index is 381. The molecule has 0 aliphatic carbocycles. The first-order valence-corrected chi connectivity index (χ1v) is 5.02. The number of carboxylic acids is 1. The van der Waals surface area contributed by atoms with Crippen LogP contribution in [0.15, 0.2) is 4.42 Å². The van der Waals surface area contributed by atoms with Crippen molar-refractivity contribution >= 4 is 5.97 Å². The average molecular weight is 227 g/mol. The van der Waals surface area contributed by atoms with Crippen molar-refractivity contribution in [2.75, 3.05) is 20.3 Å². The molecular formula is C10H13NO5. The number of hydrogen-bond donors (Lipinski definition) is 1. The highest BCUT2D eigenvalue weighted by Gasteiger charge is 2.27. The van der Waals surface area contributed by atoms with E-state index in [2.05, 4.69) is 4.98 Å². The van der Waals surface area contributed by atoms with Crippen LogP contribution in [0.25, 0.3) is 0 Å². The third-order valence-corrected chi connectivity index (χ3v) is 2.47. The first kappa shape index (κ1) is 11.1. The van der Waals surface area contributed by atoms with Crippen molar-refractivity contribution < 1.29 is 23.8 Å². The topological polar surface area (TPSA) is 81.8 Å². The number of aromatic carboxylic acids is 1. The van der Waals surface area contributed by atoms with Gasteiger partial charge in [-0.3, -0.25) is 0 Å². The molecule has 6 heteroatoms. The van der Waals surface area contributed by atoms with Gasteiger partial charge in [0.1, 0.15) is 5.69 Å². The second kappa shape index (κ2) is 4.63. The van der Waals surface area contributed by atoms with Crippen molar-refractivity contribution in [3.8, 4) is 0 Å². The van der Waals surface area contributed by atoms with Crippen LogP contribution >= 0.6 is 0 Å². The summed E-state index contributed by atoms with van der Waals surface area (Å²) in [6.45, 7) is 1.33. The molecule has 1 unspecified atom stereocenters. The van der Waals surface area contributed by atoms with E-state index in [1.54, 1.807) is 0 Å². The van der Waals surface area contributed by atoms with E-state index in [1.165, 1.54) is 7.11 Å². The molecule has 1 atom stereocenters. The third kappa shape index (κ3) is 2.07. The molecule has 0 amide bonds. The first-order chi connectivity index (χ1) is 7.72. The van der Waals surface area contributed by atoms with Crippen LogP contribution in [-0.2, 0) is 16.1 Å². The summed E-state index contributed by atoms with van der Waals surface area (Å²) in [7, 11) is 1.48. The molecular weight excluding hydrogens is 214 g/mol. The SMILES string of the molecule is COCc1nc(C2CCOC2)oc1C(=O)O. The smallest absolute Gasteiger partial charge is 0.373 e. The Morgan fingerprint density at radius 2 is 2.50 bits per heavy atom. The summed E-state index contributed by atoms with van der Waals surface area (Å²) in [6, 6.07) is 0. The fourth-order valence-corrected chi connectivity index (χ4v) is 1.68. The predicted molar refractivity (Wildman–Crippen MR) is 52.4 cm³/mol. The Hall–Kier alpha value is -1.40. The van der Waals surface area contributed by atoms with E-state index in [0.29, 0.717) is 24.8 Å². The van der Waals surface area contributed by atoms with E-state index in [-0.39, 0.29) is 18.3 Å². The highest BCUT2D eigenvalue weighted by Crippen LogP contribution is 2.26. The lowest BCUT2D eigenvalue weighted by molar-refractivity contribution is 0.0652. The molecule has 0 radical (unpaired) electrons. The van der Waals surface area contributed by atoms with Gasteiger partial charge >= 0.3 is 5.97 Å². The minimum absolute atomic E-state index is 0.0590. The van der Waals surface area contributed by atoms with Gasteiger partial charge in [-0.25, -0.2) is 9.78 Å². The summed E-state index contributed by atoms with van der Waals surface area (Å²) < 4.78 is 15.3. The molecule has 0 spiro atoms. The summed E-state index contributed by atoms with van der Waals surface area (Å²) in [4.78, 5) is 15.1. The summed E-state index contributed by atoms with van der Waals surface area (Å²) >= 11 is 0. The lowest BCUT2D eigenvalue weighted by Crippen LogP contribution is -2.00. The van der Waals surface area contributed by atoms with Gasteiger partial charge < -0.3 is 19.0 Å². The molecule has 0 aromatic carbocycles. The Labute approximate surface area is 92.2 Å². The number of oxazole rings is 1. The average Bonchev–Trinajstić information content (AvgIpc) is 2.83. The van der Waals surface area contributed by atoms with Crippen molar-refractivity contribution in [2.24, 2.45) is 0 Å². The molecule has 1 aromatic rings. The van der Waals surface area contributed by atoms with Crippen LogP contribution in [0.2, 0.25) is 0 Å². The molecule has 1 aromatic heterocycles. The van der Waals surface area contributed by atoms with E-state index in [0.717, 1.165) is 6.42 Å². The molecule has 1 aliphatic rings. The van der Waals surface area contributed by atoms with Crippen LogP contribution in [-0.4, -0.2) is 36.4 Å². The normalized spacial score (nSPS) is 20.2. The summed E-state index contributed by atoms with van der Waals surface area (Å²) in [5.41, 5.74) is 0.330. The van der Waals surface area contributed by atoms with Crippen LogP contribution in [0.4, 0.5) is 0 Å². The maximum Gasteiger partial charge on any atom is 0.373 e. The van der Waals surface area contributed by atoms with Crippen LogP contribution in [0.1, 0.15) is 34.5 Å². The standard InChI is InChI=1S/C10H13NO5/c1-14-5-7-8(10(12)13)16-9(11-7)6-2-3-15-4-6/h6H,2-5H2,1H3,(H,12,13). The Morgan fingerprint density at radius 1 is 1.69 bits per heavy atom. The van der Waals surface area contributed by atoms with E-state index in [4.69, 9.17) is 19.0 Å². The van der Waals surface area contributed by atoms with Gasteiger partial charge in [0, 0.05) is 13.7 Å². The zero-order chi connectivity index (χ0) is 11.5. The van der Waals surface area contributed by atoms with Crippen molar-refractivity contribution in [3.63, 3.8) is 0 Å². The minimum Gasteiger partial charge on any atom is -0.475 e. The number of carboxylic acid groups (broad SMARTS) is 1. The lowest BCUT2D eigenvalue weighted by atomic mass is 10.1. The van der Waals surface area contributed by atoms with Crippen molar-refractivity contribution in [1.82, 2.24) is 4.98 Å². The number of ether oxygens (including phenoxy) is 2. The minimum atomic E-state index is -1.12. The van der Waals surface area contributed by atoms with Gasteiger partial charge in [-0.15, -0.1) is 0 Å². The number of nitrogens with zero attached hydrogens (tertiary/aromatic N) is 1. The largest absolute Gasteiger partial charge is 0.475 e. The Kier molecular flexibility index (Phi) is 3.21. The number of methoxy groups -OCH3 is 1. The second-order valence-corrected chi connectivity index (χ2v) is 3.63. The maximum absolute atomic E-state index is 10.9. The number of rotatable bonds is 4. The molecule has 1 saturated heterocycles. The van der Waals surface area contributed by atoms with Crippen LogP contribution < -0.4 is 0 Å². The molecule has 0 bridgehead atoms. The summed E-state index contributed by atoms with van der Waals surface area (Å²) in [5.74, 6) is -0.765. The van der Waals surface area contributed by atoms with Gasteiger partial charge in [0.2, 0.25) is 11.7 Å². The van der Waals surface area contributed by atoms with Crippen molar-refractivity contribution in [3.05, 3.63) is 17.3 Å². The van der Waals surface area contributed by atoms with Gasteiger partial charge in [-0.2, -0.15) is 0 Å². The molecule has 2 heterocycles. The molecule has 6 nitrogen and oxygen atoms in total. The van der Waals surface area contributed by atoms with E-state index < -0.39 is 5.97 Å². The quantitative estimate of drug-likeness (QED) is 0.827. The number of carbonyl (C=O) groups is 1. The zero-order valence-electron chi connectivity index (χ0n) is 8.93.